The number of fused-ring (bicyclic) bond motifs is 1. The summed E-state index contributed by atoms with van der Waals surface area (Å²) in [6, 6.07) is 7.08. The SMILES string of the molecule is CSCC[C@H](NC(=O)[C@H]1Cc2ccccc2CN1CC(C(C)C)N(C)CC(N)CS)C(=O)O. The second kappa shape index (κ2) is 13.6. The fraction of sp³-hybridized carbons (Fsp3) is 0.667. The molecule has 186 valence electrons. The fourth-order valence-corrected chi connectivity index (χ4v) is 5.04. The highest BCUT2D eigenvalue weighted by Gasteiger charge is 2.36. The lowest BCUT2D eigenvalue weighted by Crippen LogP contribution is -2.57. The van der Waals surface area contributed by atoms with Gasteiger partial charge in [-0.3, -0.25) is 9.69 Å². The molecule has 0 spiro atoms. The number of aliphatic carboxylic acids is 1. The Labute approximate surface area is 208 Å². The van der Waals surface area contributed by atoms with Gasteiger partial charge < -0.3 is 21.1 Å². The maximum atomic E-state index is 13.4. The number of nitrogens with one attached hydrogen (secondary N) is 1. The minimum atomic E-state index is -0.985. The predicted octanol–water partition coefficient (Wildman–Crippen LogP) is 1.95. The van der Waals surface area contributed by atoms with E-state index >= 15 is 0 Å². The molecule has 0 fully saturated rings. The first-order valence-corrected chi connectivity index (χ1v) is 13.6. The van der Waals surface area contributed by atoms with Gasteiger partial charge >= 0.3 is 5.97 Å². The van der Waals surface area contributed by atoms with E-state index in [2.05, 4.69) is 60.8 Å². The molecule has 0 saturated carbocycles. The smallest absolute Gasteiger partial charge is 0.326 e. The number of carboxylic acid groups (broad SMARTS) is 1. The number of nitrogens with two attached hydrogens (primary N) is 1. The minimum Gasteiger partial charge on any atom is -0.480 e. The molecule has 9 heteroatoms. The summed E-state index contributed by atoms with van der Waals surface area (Å²) in [5.41, 5.74) is 8.52. The van der Waals surface area contributed by atoms with E-state index in [-0.39, 0.29) is 18.0 Å². The van der Waals surface area contributed by atoms with E-state index in [0.717, 1.165) is 12.1 Å². The summed E-state index contributed by atoms with van der Waals surface area (Å²) in [5, 5.41) is 12.4. The number of thiol groups is 1. The van der Waals surface area contributed by atoms with Gasteiger partial charge in [0.05, 0.1) is 6.04 Å². The maximum absolute atomic E-state index is 13.4. The average Bonchev–Trinajstić information content (AvgIpc) is 2.78. The van der Waals surface area contributed by atoms with Crippen LogP contribution in [0.4, 0.5) is 0 Å². The van der Waals surface area contributed by atoms with Crippen LogP contribution < -0.4 is 11.1 Å². The van der Waals surface area contributed by atoms with Crippen LogP contribution in [0.3, 0.4) is 0 Å². The standard InChI is InChI=1S/C24H40N4O3S2/c1-16(2)22(27(3)13-19(25)15-32)14-28-12-18-8-6-5-7-17(18)11-21(28)23(29)26-20(24(30)31)9-10-33-4/h5-8,16,19-22,32H,9-15,25H2,1-4H3,(H,26,29)(H,30,31)/t19?,20-,21+,22?/m0/s1. The number of carbonyl (C=O) groups excluding carboxylic acids is 1. The number of hydrogen-bond acceptors (Lipinski definition) is 7. The molecule has 2 rings (SSSR count). The number of amides is 1. The molecule has 4 N–H and O–H groups in total. The predicted molar refractivity (Wildman–Crippen MR) is 140 cm³/mol. The molecule has 0 saturated heterocycles. The Morgan fingerprint density at radius 3 is 2.58 bits per heavy atom. The molecule has 4 atom stereocenters. The molecule has 33 heavy (non-hydrogen) atoms. The highest BCUT2D eigenvalue weighted by atomic mass is 32.2. The third kappa shape index (κ3) is 8.17. The van der Waals surface area contributed by atoms with E-state index in [1.807, 2.05) is 18.4 Å². The molecule has 1 amide bonds. The van der Waals surface area contributed by atoms with E-state index in [9.17, 15) is 14.7 Å². The average molecular weight is 497 g/mol. The van der Waals surface area contributed by atoms with Gasteiger partial charge in [0, 0.05) is 37.5 Å². The lowest BCUT2D eigenvalue weighted by molar-refractivity contribution is -0.143. The van der Waals surface area contributed by atoms with Crippen LogP contribution >= 0.6 is 24.4 Å². The number of likely N-dealkylation sites (N-methyl/N-ethyl adjacent to an activating group) is 1. The van der Waals surface area contributed by atoms with Gasteiger partial charge in [0.15, 0.2) is 0 Å². The third-order valence-corrected chi connectivity index (χ3v) is 7.50. The van der Waals surface area contributed by atoms with E-state index in [0.29, 0.717) is 43.4 Å². The first-order valence-electron chi connectivity index (χ1n) is 11.6. The highest BCUT2D eigenvalue weighted by molar-refractivity contribution is 7.98. The number of hydrogen-bond donors (Lipinski definition) is 4. The highest BCUT2D eigenvalue weighted by Crippen LogP contribution is 2.25. The summed E-state index contributed by atoms with van der Waals surface area (Å²) in [4.78, 5) is 29.6. The van der Waals surface area contributed by atoms with Crippen LogP contribution in [0, 0.1) is 5.92 Å². The van der Waals surface area contributed by atoms with Crippen molar-refractivity contribution in [3.8, 4) is 0 Å². The Kier molecular flexibility index (Phi) is 11.5. The zero-order valence-electron chi connectivity index (χ0n) is 20.2. The van der Waals surface area contributed by atoms with Crippen molar-refractivity contribution in [1.29, 1.82) is 0 Å². The van der Waals surface area contributed by atoms with Crippen LogP contribution in [0.5, 0.6) is 0 Å². The molecule has 1 aliphatic heterocycles. The summed E-state index contributed by atoms with van der Waals surface area (Å²) in [5.74, 6) is 0.455. The van der Waals surface area contributed by atoms with Gasteiger partial charge in [0.2, 0.25) is 5.91 Å². The molecule has 0 aliphatic carbocycles. The molecule has 7 nitrogen and oxygen atoms in total. The van der Waals surface area contributed by atoms with Gasteiger partial charge in [0.1, 0.15) is 6.04 Å². The molecule has 0 bridgehead atoms. The monoisotopic (exact) mass is 496 g/mol. The largest absolute Gasteiger partial charge is 0.480 e. The lowest BCUT2D eigenvalue weighted by Gasteiger charge is -2.42. The summed E-state index contributed by atoms with van der Waals surface area (Å²) in [6.45, 7) is 6.45. The minimum absolute atomic E-state index is 0.0199. The van der Waals surface area contributed by atoms with Gasteiger partial charge in [0.25, 0.3) is 0 Å². The summed E-state index contributed by atoms with van der Waals surface area (Å²) < 4.78 is 0. The maximum Gasteiger partial charge on any atom is 0.326 e. The normalized spacial score (nSPS) is 19.2. The van der Waals surface area contributed by atoms with Crippen molar-refractivity contribution < 1.29 is 14.7 Å². The number of thioether (sulfide) groups is 1. The van der Waals surface area contributed by atoms with Crippen LogP contribution in [0.2, 0.25) is 0 Å². The molecule has 1 heterocycles. The Hall–Kier alpha value is -1.26. The van der Waals surface area contributed by atoms with Crippen LogP contribution in [0.25, 0.3) is 0 Å². The Balaban J connectivity index is 2.25. The second-order valence-electron chi connectivity index (χ2n) is 9.29. The zero-order valence-corrected chi connectivity index (χ0v) is 21.9. The number of benzene rings is 1. The molecule has 1 aliphatic rings. The zero-order chi connectivity index (χ0) is 24.5. The third-order valence-electron chi connectivity index (χ3n) is 6.39. The molecule has 0 radical (unpaired) electrons. The Bertz CT molecular complexity index is 780. The van der Waals surface area contributed by atoms with E-state index in [1.54, 1.807) is 11.8 Å². The van der Waals surface area contributed by atoms with E-state index in [4.69, 9.17) is 5.73 Å². The molecule has 1 aromatic rings. The van der Waals surface area contributed by atoms with Crippen molar-refractivity contribution in [2.45, 2.75) is 57.4 Å². The van der Waals surface area contributed by atoms with Crippen molar-refractivity contribution in [2.24, 2.45) is 11.7 Å². The van der Waals surface area contributed by atoms with E-state index < -0.39 is 18.1 Å². The van der Waals surface area contributed by atoms with Crippen molar-refractivity contribution >= 4 is 36.3 Å². The molecule has 1 aromatic carbocycles. The molecule has 0 aromatic heterocycles. The topological polar surface area (TPSA) is 98.9 Å². The number of rotatable bonds is 13. The van der Waals surface area contributed by atoms with Crippen LogP contribution in [0.15, 0.2) is 24.3 Å². The summed E-state index contributed by atoms with van der Waals surface area (Å²) in [7, 11) is 2.07. The second-order valence-corrected chi connectivity index (χ2v) is 10.6. The quantitative estimate of drug-likeness (QED) is 0.310. The van der Waals surface area contributed by atoms with Crippen molar-refractivity contribution in [2.75, 3.05) is 37.9 Å². The molecular formula is C24H40N4O3S2. The Morgan fingerprint density at radius 2 is 2.00 bits per heavy atom. The van der Waals surface area contributed by atoms with E-state index in [1.165, 1.54) is 5.56 Å². The van der Waals surface area contributed by atoms with Crippen molar-refractivity contribution in [1.82, 2.24) is 15.1 Å². The van der Waals surface area contributed by atoms with Gasteiger partial charge in [-0.1, -0.05) is 38.1 Å². The van der Waals surface area contributed by atoms with Gasteiger partial charge in [-0.15, -0.1) is 0 Å². The number of carbonyl (C=O) groups is 2. The van der Waals surface area contributed by atoms with Crippen LogP contribution in [0.1, 0.15) is 31.4 Å². The van der Waals surface area contributed by atoms with Crippen LogP contribution in [-0.4, -0.2) is 88.8 Å². The number of carboxylic acids is 1. The fourth-order valence-electron chi connectivity index (χ4n) is 4.45. The lowest BCUT2D eigenvalue weighted by atomic mass is 9.91. The molecule has 2 unspecified atom stereocenters. The van der Waals surface area contributed by atoms with Gasteiger partial charge in [-0.2, -0.15) is 24.4 Å². The van der Waals surface area contributed by atoms with Crippen molar-refractivity contribution in [3.05, 3.63) is 35.4 Å². The van der Waals surface area contributed by atoms with Gasteiger partial charge in [-0.05, 0) is 48.9 Å². The Morgan fingerprint density at radius 1 is 1.33 bits per heavy atom. The van der Waals surface area contributed by atoms with Gasteiger partial charge in [-0.25, -0.2) is 4.79 Å². The van der Waals surface area contributed by atoms with Crippen LogP contribution in [-0.2, 0) is 22.6 Å². The first kappa shape index (κ1) is 28.0. The summed E-state index contributed by atoms with van der Waals surface area (Å²) >= 11 is 5.90. The first-order chi connectivity index (χ1) is 15.7. The van der Waals surface area contributed by atoms with Crippen molar-refractivity contribution in [3.63, 3.8) is 0 Å². The molecular weight excluding hydrogens is 456 g/mol. The summed E-state index contributed by atoms with van der Waals surface area (Å²) in [6.07, 6.45) is 2.91. The number of nitrogens with zero attached hydrogens (tertiary/aromatic N) is 2.